The quantitative estimate of drug-likeness (QED) is 0.646. The van der Waals surface area contributed by atoms with Gasteiger partial charge in [0.2, 0.25) is 0 Å². The Kier molecular flexibility index (Phi) is 5.87. The zero-order valence-corrected chi connectivity index (χ0v) is 16.7. The molecule has 29 heavy (non-hydrogen) atoms. The van der Waals surface area contributed by atoms with Crippen molar-refractivity contribution in [2.24, 2.45) is 0 Å². The molecule has 3 rings (SSSR count). The molecule has 0 radical (unpaired) electrons. The monoisotopic (exact) mass is 394 g/mol. The lowest BCUT2D eigenvalue weighted by atomic mass is 10.2. The zero-order chi connectivity index (χ0) is 21.0. The van der Waals surface area contributed by atoms with Crippen molar-refractivity contribution >= 4 is 23.2 Å². The minimum absolute atomic E-state index is 0.0387. The van der Waals surface area contributed by atoms with Crippen molar-refractivity contribution < 1.29 is 23.5 Å². The van der Waals surface area contributed by atoms with Crippen LogP contribution >= 0.6 is 0 Å². The Labute approximate surface area is 168 Å². The van der Waals surface area contributed by atoms with Gasteiger partial charge in [-0.2, -0.15) is 0 Å². The van der Waals surface area contributed by atoms with Crippen LogP contribution in [-0.2, 0) is 0 Å². The maximum atomic E-state index is 12.5. The molecule has 0 aliphatic rings. The predicted octanol–water partition coefficient (Wildman–Crippen LogP) is 4.42. The van der Waals surface area contributed by atoms with E-state index in [9.17, 15) is 9.59 Å². The van der Waals surface area contributed by atoms with E-state index in [0.29, 0.717) is 22.9 Å². The standard InChI is InChI=1S/C22H22N2O5/c1-13-11-15(27-3)5-7-17(13)23-21(25)19-9-10-20(29-19)22(26)24-18-8-6-16(28-4)12-14(18)2/h5-12H,1-4H3,(H,23,25)(H,24,26). The highest BCUT2D eigenvalue weighted by Gasteiger charge is 2.17. The molecule has 150 valence electrons. The third-order valence-electron chi connectivity index (χ3n) is 4.42. The fourth-order valence-corrected chi connectivity index (χ4v) is 2.76. The van der Waals surface area contributed by atoms with Gasteiger partial charge in [0, 0.05) is 11.4 Å². The highest BCUT2D eigenvalue weighted by atomic mass is 16.5. The lowest BCUT2D eigenvalue weighted by molar-refractivity contribution is 0.0974. The van der Waals surface area contributed by atoms with Crippen LogP contribution in [0, 0.1) is 13.8 Å². The number of aryl methyl sites for hydroxylation is 2. The maximum absolute atomic E-state index is 12.5. The van der Waals surface area contributed by atoms with E-state index in [0.717, 1.165) is 11.1 Å². The van der Waals surface area contributed by atoms with Crippen LogP contribution in [0.15, 0.2) is 52.9 Å². The summed E-state index contributed by atoms with van der Waals surface area (Å²) in [7, 11) is 3.16. The number of rotatable bonds is 6. The molecule has 2 N–H and O–H groups in total. The first-order chi connectivity index (χ1) is 13.9. The highest BCUT2D eigenvalue weighted by Crippen LogP contribution is 2.23. The molecular formula is C22H22N2O5. The molecule has 2 amide bonds. The predicted molar refractivity (Wildman–Crippen MR) is 110 cm³/mol. The van der Waals surface area contributed by atoms with Gasteiger partial charge < -0.3 is 24.5 Å². The Bertz CT molecular complexity index is 973. The fourth-order valence-electron chi connectivity index (χ4n) is 2.76. The van der Waals surface area contributed by atoms with Crippen LogP contribution in [0.1, 0.15) is 32.2 Å². The van der Waals surface area contributed by atoms with E-state index in [1.165, 1.54) is 12.1 Å². The van der Waals surface area contributed by atoms with Gasteiger partial charge in [-0.1, -0.05) is 0 Å². The molecule has 0 aliphatic heterocycles. The van der Waals surface area contributed by atoms with Gasteiger partial charge in [-0.15, -0.1) is 0 Å². The van der Waals surface area contributed by atoms with Gasteiger partial charge in [0.15, 0.2) is 11.5 Å². The summed E-state index contributed by atoms with van der Waals surface area (Å²) in [5.74, 6) is 0.585. The summed E-state index contributed by atoms with van der Waals surface area (Å²) >= 11 is 0. The zero-order valence-electron chi connectivity index (χ0n) is 16.7. The third kappa shape index (κ3) is 4.57. The number of methoxy groups -OCH3 is 2. The van der Waals surface area contributed by atoms with Crippen molar-refractivity contribution in [1.29, 1.82) is 0 Å². The van der Waals surface area contributed by atoms with Crippen molar-refractivity contribution in [2.45, 2.75) is 13.8 Å². The molecular weight excluding hydrogens is 372 g/mol. The molecule has 3 aromatic rings. The van der Waals surface area contributed by atoms with Crippen LogP contribution in [-0.4, -0.2) is 26.0 Å². The van der Waals surface area contributed by atoms with Gasteiger partial charge in [-0.25, -0.2) is 0 Å². The average molecular weight is 394 g/mol. The molecule has 1 aromatic heterocycles. The summed E-state index contributed by atoms with van der Waals surface area (Å²) in [5.41, 5.74) is 2.95. The largest absolute Gasteiger partial charge is 0.497 e. The number of carbonyl (C=O) groups excluding carboxylic acids is 2. The van der Waals surface area contributed by atoms with Crippen LogP contribution in [0.3, 0.4) is 0 Å². The van der Waals surface area contributed by atoms with Gasteiger partial charge in [-0.05, 0) is 73.5 Å². The second kappa shape index (κ2) is 8.52. The van der Waals surface area contributed by atoms with E-state index in [4.69, 9.17) is 13.9 Å². The van der Waals surface area contributed by atoms with E-state index in [1.54, 1.807) is 38.5 Å². The van der Waals surface area contributed by atoms with Crippen LogP contribution in [0.5, 0.6) is 11.5 Å². The van der Waals surface area contributed by atoms with Gasteiger partial charge in [0.1, 0.15) is 11.5 Å². The molecule has 0 atom stereocenters. The molecule has 1 heterocycles. The summed E-state index contributed by atoms with van der Waals surface area (Å²) in [6.07, 6.45) is 0. The molecule has 7 nitrogen and oxygen atoms in total. The molecule has 0 unspecified atom stereocenters. The first-order valence-corrected chi connectivity index (χ1v) is 8.93. The lowest BCUT2D eigenvalue weighted by Crippen LogP contribution is -2.13. The number of carbonyl (C=O) groups is 2. The molecule has 7 heteroatoms. The minimum Gasteiger partial charge on any atom is -0.497 e. The summed E-state index contributed by atoms with van der Waals surface area (Å²) in [6, 6.07) is 13.5. The molecule has 0 bridgehead atoms. The highest BCUT2D eigenvalue weighted by molar-refractivity contribution is 6.06. The average Bonchev–Trinajstić information content (AvgIpc) is 3.21. The number of amides is 2. The second-order valence-corrected chi connectivity index (χ2v) is 6.43. The van der Waals surface area contributed by atoms with Crippen LogP contribution in [0.25, 0.3) is 0 Å². The van der Waals surface area contributed by atoms with Crippen molar-refractivity contribution in [3.05, 3.63) is 71.2 Å². The Hall–Kier alpha value is -3.74. The topological polar surface area (TPSA) is 89.8 Å². The van der Waals surface area contributed by atoms with E-state index in [1.807, 2.05) is 26.0 Å². The van der Waals surface area contributed by atoms with Crippen LogP contribution < -0.4 is 20.1 Å². The van der Waals surface area contributed by atoms with Crippen molar-refractivity contribution in [3.8, 4) is 11.5 Å². The van der Waals surface area contributed by atoms with E-state index < -0.39 is 11.8 Å². The Morgan fingerprint density at radius 3 is 1.48 bits per heavy atom. The molecule has 0 fully saturated rings. The number of hydrogen-bond acceptors (Lipinski definition) is 5. The normalized spacial score (nSPS) is 10.3. The maximum Gasteiger partial charge on any atom is 0.291 e. The number of benzene rings is 2. The lowest BCUT2D eigenvalue weighted by Gasteiger charge is -2.09. The summed E-state index contributed by atoms with van der Waals surface area (Å²) in [5, 5.41) is 5.54. The van der Waals surface area contributed by atoms with Gasteiger partial charge in [0.25, 0.3) is 11.8 Å². The SMILES string of the molecule is COc1ccc(NC(=O)c2ccc(C(=O)Nc3ccc(OC)cc3C)o2)c(C)c1. The minimum atomic E-state index is -0.446. The van der Waals surface area contributed by atoms with Crippen LogP contribution in [0.4, 0.5) is 11.4 Å². The van der Waals surface area contributed by atoms with E-state index in [-0.39, 0.29) is 11.5 Å². The Morgan fingerprint density at radius 2 is 1.14 bits per heavy atom. The number of anilines is 2. The second-order valence-electron chi connectivity index (χ2n) is 6.43. The summed E-state index contributed by atoms with van der Waals surface area (Å²) in [6.45, 7) is 3.71. The van der Waals surface area contributed by atoms with Crippen molar-refractivity contribution in [3.63, 3.8) is 0 Å². The first-order valence-electron chi connectivity index (χ1n) is 8.93. The summed E-state index contributed by atoms with van der Waals surface area (Å²) in [4.78, 5) is 24.9. The Morgan fingerprint density at radius 1 is 0.724 bits per heavy atom. The number of furan rings is 1. The van der Waals surface area contributed by atoms with Gasteiger partial charge in [-0.3, -0.25) is 9.59 Å². The number of nitrogens with one attached hydrogen (secondary N) is 2. The smallest absolute Gasteiger partial charge is 0.291 e. The van der Waals surface area contributed by atoms with Crippen molar-refractivity contribution in [2.75, 3.05) is 24.9 Å². The molecule has 0 aliphatic carbocycles. The fraction of sp³-hybridized carbons (Fsp3) is 0.182. The molecule has 0 spiro atoms. The van der Waals surface area contributed by atoms with Crippen molar-refractivity contribution in [1.82, 2.24) is 0 Å². The Balaban J connectivity index is 1.69. The van der Waals surface area contributed by atoms with Gasteiger partial charge in [0.05, 0.1) is 14.2 Å². The van der Waals surface area contributed by atoms with E-state index in [2.05, 4.69) is 10.6 Å². The third-order valence-corrected chi connectivity index (χ3v) is 4.42. The number of hydrogen-bond donors (Lipinski definition) is 2. The van der Waals surface area contributed by atoms with Crippen LogP contribution in [0.2, 0.25) is 0 Å². The van der Waals surface area contributed by atoms with E-state index >= 15 is 0 Å². The molecule has 0 saturated carbocycles. The summed E-state index contributed by atoms with van der Waals surface area (Å²) < 4.78 is 15.8. The molecule has 0 saturated heterocycles. The van der Waals surface area contributed by atoms with Gasteiger partial charge >= 0.3 is 0 Å². The molecule has 2 aromatic carbocycles. The number of ether oxygens (including phenoxy) is 2. The first kappa shape index (κ1) is 20.0.